The summed E-state index contributed by atoms with van der Waals surface area (Å²) in [6.45, 7) is 6.60. The summed E-state index contributed by atoms with van der Waals surface area (Å²) in [4.78, 5) is 12.4. The monoisotopic (exact) mass is 335 g/mol. The van der Waals surface area contributed by atoms with Gasteiger partial charge in [-0.05, 0) is 48.3 Å². The molecule has 0 atom stereocenters. The molecule has 1 heterocycles. The molecule has 5 heteroatoms. The summed E-state index contributed by atoms with van der Waals surface area (Å²) in [7, 11) is 0. The zero-order valence-corrected chi connectivity index (χ0v) is 13.5. The zero-order valence-electron chi connectivity index (χ0n) is 11.9. The standard InChI is InChI=1S/C15H18BrN3O/c1-4-19-13(15(16)10(3)18-19)8-14(20)11-6-5-9(2)12(17)7-11/h5-7H,4,8,17H2,1-3H3. The van der Waals surface area contributed by atoms with E-state index in [1.54, 1.807) is 6.07 Å². The van der Waals surface area contributed by atoms with E-state index in [4.69, 9.17) is 5.73 Å². The Morgan fingerprint density at radius 1 is 1.40 bits per heavy atom. The van der Waals surface area contributed by atoms with Crippen molar-refractivity contribution in [2.45, 2.75) is 33.7 Å². The van der Waals surface area contributed by atoms with Crippen molar-refractivity contribution in [3.63, 3.8) is 0 Å². The second-order valence-corrected chi connectivity index (χ2v) is 5.63. The zero-order chi connectivity index (χ0) is 14.9. The third-order valence-corrected chi connectivity index (χ3v) is 4.41. The van der Waals surface area contributed by atoms with Crippen molar-refractivity contribution >= 4 is 27.4 Å². The first kappa shape index (κ1) is 14.8. The Balaban J connectivity index is 2.30. The molecule has 0 fully saturated rings. The maximum Gasteiger partial charge on any atom is 0.168 e. The molecular weight excluding hydrogens is 318 g/mol. The molecule has 2 rings (SSSR count). The van der Waals surface area contributed by atoms with Gasteiger partial charge in [-0.2, -0.15) is 5.10 Å². The fourth-order valence-corrected chi connectivity index (χ4v) is 2.53. The Morgan fingerprint density at radius 2 is 2.10 bits per heavy atom. The van der Waals surface area contributed by atoms with Gasteiger partial charge >= 0.3 is 0 Å². The lowest BCUT2D eigenvalue weighted by molar-refractivity contribution is 0.0990. The van der Waals surface area contributed by atoms with E-state index < -0.39 is 0 Å². The van der Waals surface area contributed by atoms with Crippen molar-refractivity contribution in [3.05, 3.63) is 45.2 Å². The van der Waals surface area contributed by atoms with Crippen LogP contribution in [0.15, 0.2) is 22.7 Å². The van der Waals surface area contributed by atoms with Gasteiger partial charge in [-0.1, -0.05) is 12.1 Å². The van der Waals surface area contributed by atoms with Gasteiger partial charge in [0.15, 0.2) is 5.78 Å². The van der Waals surface area contributed by atoms with Crippen molar-refractivity contribution in [1.82, 2.24) is 9.78 Å². The van der Waals surface area contributed by atoms with E-state index in [0.717, 1.165) is 28.0 Å². The Labute approximate surface area is 127 Å². The summed E-state index contributed by atoms with van der Waals surface area (Å²) < 4.78 is 2.77. The first-order chi connectivity index (χ1) is 9.43. The molecule has 1 aromatic carbocycles. The van der Waals surface area contributed by atoms with E-state index in [1.807, 2.05) is 37.6 Å². The van der Waals surface area contributed by atoms with Crippen LogP contribution in [0.25, 0.3) is 0 Å². The summed E-state index contributed by atoms with van der Waals surface area (Å²) in [5.41, 5.74) is 9.95. The van der Waals surface area contributed by atoms with Crippen LogP contribution < -0.4 is 5.73 Å². The van der Waals surface area contributed by atoms with E-state index in [2.05, 4.69) is 21.0 Å². The first-order valence-corrected chi connectivity index (χ1v) is 7.34. The molecular formula is C15H18BrN3O. The fraction of sp³-hybridized carbons (Fsp3) is 0.333. The Bertz CT molecular complexity index is 661. The van der Waals surface area contributed by atoms with Gasteiger partial charge in [0.2, 0.25) is 0 Å². The van der Waals surface area contributed by atoms with Gasteiger partial charge in [-0.15, -0.1) is 0 Å². The van der Waals surface area contributed by atoms with Crippen LogP contribution in [0, 0.1) is 13.8 Å². The number of aryl methyl sites for hydroxylation is 3. The number of halogens is 1. The van der Waals surface area contributed by atoms with Crippen LogP contribution in [0.4, 0.5) is 5.69 Å². The lowest BCUT2D eigenvalue weighted by Crippen LogP contribution is -2.10. The Hall–Kier alpha value is -1.62. The minimum absolute atomic E-state index is 0.0481. The van der Waals surface area contributed by atoms with Gasteiger partial charge in [0, 0.05) is 17.8 Å². The number of rotatable bonds is 4. The van der Waals surface area contributed by atoms with Gasteiger partial charge in [-0.3, -0.25) is 9.48 Å². The molecule has 0 aliphatic rings. The normalized spacial score (nSPS) is 10.8. The van der Waals surface area contributed by atoms with Crippen LogP contribution in [0.1, 0.15) is 34.2 Å². The summed E-state index contributed by atoms with van der Waals surface area (Å²) in [6, 6.07) is 5.44. The number of aromatic nitrogens is 2. The molecule has 1 aromatic heterocycles. The second kappa shape index (κ2) is 5.79. The van der Waals surface area contributed by atoms with E-state index in [9.17, 15) is 4.79 Å². The summed E-state index contributed by atoms with van der Waals surface area (Å²) in [6.07, 6.45) is 0.317. The highest BCUT2D eigenvalue weighted by Crippen LogP contribution is 2.23. The molecule has 106 valence electrons. The molecule has 0 saturated heterocycles. The molecule has 2 N–H and O–H groups in total. The van der Waals surface area contributed by atoms with Crippen molar-refractivity contribution < 1.29 is 4.79 Å². The van der Waals surface area contributed by atoms with Gasteiger partial charge in [-0.25, -0.2) is 0 Å². The number of nitrogen functional groups attached to an aromatic ring is 1. The number of nitrogens with zero attached hydrogens (tertiary/aromatic N) is 2. The molecule has 2 aromatic rings. The predicted molar refractivity (Wildman–Crippen MR) is 84.0 cm³/mol. The first-order valence-electron chi connectivity index (χ1n) is 6.55. The van der Waals surface area contributed by atoms with Crippen molar-refractivity contribution in [1.29, 1.82) is 0 Å². The quantitative estimate of drug-likeness (QED) is 0.688. The maximum atomic E-state index is 12.4. The molecule has 0 saturated carbocycles. The molecule has 0 amide bonds. The highest BCUT2D eigenvalue weighted by Gasteiger charge is 2.17. The summed E-state index contributed by atoms with van der Waals surface area (Å²) in [5, 5.41) is 4.40. The van der Waals surface area contributed by atoms with Crippen LogP contribution in [-0.4, -0.2) is 15.6 Å². The molecule has 0 aliphatic heterocycles. The number of anilines is 1. The van der Waals surface area contributed by atoms with Crippen LogP contribution in [-0.2, 0) is 13.0 Å². The van der Waals surface area contributed by atoms with E-state index in [0.29, 0.717) is 17.7 Å². The van der Waals surface area contributed by atoms with E-state index in [-0.39, 0.29) is 5.78 Å². The Kier molecular flexibility index (Phi) is 4.28. The number of hydrogen-bond acceptors (Lipinski definition) is 3. The van der Waals surface area contributed by atoms with E-state index >= 15 is 0 Å². The number of carbonyl (C=O) groups is 1. The minimum atomic E-state index is 0.0481. The van der Waals surface area contributed by atoms with Crippen molar-refractivity contribution in [3.8, 4) is 0 Å². The third-order valence-electron chi connectivity index (χ3n) is 3.38. The van der Waals surface area contributed by atoms with Crippen molar-refractivity contribution in [2.75, 3.05) is 5.73 Å². The van der Waals surface area contributed by atoms with Crippen LogP contribution in [0.5, 0.6) is 0 Å². The van der Waals surface area contributed by atoms with Crippen molar-refractivity contribution in [2.24, 2.45) is 0 Å². The molecule has 0 radical (unpaired) electrons. The molecule has 0 unspecified atom stereocenters. The van der Waals surface area contributed by atoms with Gasteiger partial charge in [0.25, 0.3) is 0 Å². The van der Waals surface area contributed by atoms with Gasteiger partial charge in [0.05, 0.1) is 22.3 Å². The third kappa shape index (κ3) is 2.77. The maximum absolute atomic E-state index is 12.4. The van der Waals surface area contributed by atoms with Crippen LogP contribution >= 0.6 is 15.9 Å². The molecule has 20 heavy (non-hydrogen) atoms. The smallest absolute Gasteiger partial charge is 0.168 e. The largest absolute Gasteiger partial charge is 0.398 e. The molecule has 4 nitrogen and oxygen atoms in total. The summed E-state index contributed by atoms with van der Waals surface area (Å²) in [5.74, 6) is 0.0481. The molecule has 0 spiro atoms. The highest BCUT2D eigenvalue weighted by atomic mass is 79.9. The Morgan fingerprint density at radius 3 is 2.70 bits per heavy atom. The van der Waals surface area contributed by atoms with Gasteiger partial charge in [0.1, 0.15) is 0 Å². The number of Topliss-reactive ketones (excluding diaryl/α,β-unsaturated/α-hetero) is 1. The lowest BCUT2D eigenvalue weighted by atomic mass is 10.0. The second-order valence-electron chi connectivity index (χ2n) is 4.83. The number of carbonyl (C=O) groups excluding carboxylic acids is 1. The van der Waals surface area contributed by atoms with E-state index in [1.165, 1.54) is 0 Å². The highest BCUT2D eigenvalue weighted by molar-refractivity contribution is 9.10. The average Bonchev–Trinajstić information content (AvgIpc) is 2.69. The predicted octanol–water partition coefficient (Wildman–Crippen LogP) is 3.29. The topological polar surface area (TPSA) is 60.9 Å². The average molecular weight is 336 g/mol. The van der Waals surface area contributed by atoms with Crippen LogP contribution in [0.2, 0.25) is 0 Å². The lowest BCUT2D eigenvalue weighted by Gasteiger charge is -2.07. The summed E-state index contributed by atoms with van der Waals surface area (Å²) >= 11 is 3.51. The minimum Gasteiger partial charge on any atom is -0.398 e. The molecule has 0 aliphatic carbocycles. The van der Waals surface area contributed by atoms with Crippen LogP contribution in [0.3, 0.4) is 0 Å². The number of hydrogen-bond donors (Lipinski definition) is 1. The SMILES string of the molecule is CCn1nc(C)c(Br)c1CC(=O)c1ccc(C)c(N)c1. The fourth-order valence-electron chi connectivity index (χ4n) is 2.11. The number of nitrogens with two attached hydrogens (primary N) is 1. The number of benzene rings is 1. The molecule has 0 bridgehead atoms. The number of ketones is 1. The van der Waals surface area contributed by atoms with Gasteiger partial charge < -0.3 is 5.73 Å².